The Kier molecular flexibility index (Phi) is 4.69. The first kappa shape index (κ1) is 19.1. The lowest BCUT2D eigenvalue weighted by Gasteiger charge is -2.44. The maximum Gasteiger partial charge on any atom is 0.0808 e. The molecule has 27 heavy (non-hydrogen) atoms. The Hall–Kier alpha value is -1.28. The van der Waals surface area contributed by atoms with E-state index in [0.29, 0.717) is 5.54 Å². The number of halogens is 2. The van der Waals surface area contributed by atoms with Crippen molar-refractivity contribution in [2.24, 2.45) is 0 Å². The normalized spacial score (nSPS) is 23.7. The molecule has 0 aromatic heterocycles. The SMILES string of the molecule is CC1=C(Cl)C([Si](C)(C(C)C)C2C(Cl)=C(C)c3ccccc32)c2ccccc21. The summed E-state index contributed by atoms with van der Waals surface area (Å²) in [5.74, 6) is 0. The van der Waals surface area contributed by atoms with Gasteiger partial charge in [-0.1, -0.05) is 92.1 Å². The predicted octanol–water partition coefficient (Wildman–Crippen LogP) is 8.09. The van der Waals surface area contributed by atoms with Gasteiger partial charge in [-0.3, -0.25) is 0 Å². The van der Waals surface area contributed by atoms with Crippen LogP contribution in [0.3, 0.4) is 0 Å². The third kappa shape index (κ3) is 2.55. The van der Waals surface area contributed by atoms with Crippen molar-refractivity contribution < 1.29 is 0 Å². The molecule has 3 heteroatoms. The Balaban J connectivity index is 1.97. The Morgan fingerprint density at radius 3 is 1.48 bits per heavy atom. The van der Waals surface area contributed by atoms with Gasteiger partial charge < -0.3 is 0 Å². The summed E-state index contributed by atoms with van der Waals surface area (Å²) in [5.41, 5.74) is 9.00. The number of fused-ring (bicyclic) bond motifs is 2. The molecule has 0 amide bonds. The molecule has 0 bridgehead atoms. The highest BCUT2D eigenvalue weighted by atomic mass is 35.5. The van der Waals surface area contributed by atoms with Crippen LogP contribution in [0, 0.1) is 0 Å². The van der Waals surface area contributed by atoms with Crippen LogP contribution in [-0.2, 0) is 0 Å². The van der Waals surface area contributed by atoms with Crippen LogP contribution in [0.1, 0.15) is 61.0 Å². The summed E-state index contributed by atoms with van der Waals surface area (Å²) < 4.78 is 0. The fourth-order valence-electron chi connectivity index (χ4n) is 5.19. The number of hydrogen-bond donors (Lipinski definition) is 0. The molecule has 0 N–H and O–H groups in total. The second kappa shape index (κ2) is 6.65. The van der Waals surface area contributed by atoms with Gasteiger partial charge in [-0.15, -0.1) is 0 Å². The highest BCUT2D eigenvalue weighted by Crippen LogP contribution is 2.60. The average molecular weight is 413 g/mol. The summed E-state index contributed by atoms with van der Waals surface area (Å²) in [4.78, 5) is 0. The summed E-state index contributed by atoms with van der Waals surface area (Å²) in [7, 11) is -2.05. The predicted molar refractivity (Wildman–Crippen MR) is 122 cm³/mol. The maximum atomic E-state index is 7.07. The van der Waals surface area contributed by atoms with Gasteiger partial charge in [-0.25, -0.2) is 0 Å². The van der Waals surface area contributed by atoms with Crippen molar-refractivity contribution in [2.75, 3.05) is 0 Å². The lowest BCUT2D eigenvalue weighted by atomic mass is 10.1. The molecule has 140 valence electrons. The van der Waals surface area contributed by atoms with Crippen molar-refractivity contribution in [2.45, 2.75) is 50.9 Å². The van der Waals surface area contributed by atoms with Crippen molar-refractivity contribution in [1.29, 1.82) is 0 Å². The Morgan fingerprint density at radius 2 is 1.11 bits per heavy atom. The van der Waals surface area contributed by atoms with E-state index < -0.39 is 8.07 Å². The van der Waals surface area contributed by atoms with Crippen LogP contribution in [0.4, 0.5) is 0 Å². The van der Waals surface area contributed by atoms with Gasteiger partial charge in [0.1, 0.15) is 0 Å². The van der Waals surface area contributed by atoms with Gasteiger partial charge in [0.15, 0.2) is 0 Å². The zero-order valence-electron chi connectivity index (χ0n) is 16.6. The quantitative estimate of drug-likeness (QED) is 0.446. The molecular formula is C24H26Cl2Si. The van der Waals surface area contributed by atoms with E-state index in [1.54, 1.807) is 0 Å². The zero-order valence-corrected chi connectivity index (χ0v) is 19.1. The molecule has 0 radical (unpaired) electrons. The lowest BCUT2D eigenvalue weighted by Crippen LogP contribution is -2.47. The van der Waals surface area contributed by atoms with E-state index in [0.717, 1.165) is 10.1 Å². The minimum atomic E-state index is -2.05. The summed E-state index contributed by atoms with van der Waals surface area (Å²) in [5, 5.41) is 2.07. The van der Waals surface area contributed by atoms with Gasteiger partial charge in [-0.2, -0.15) is 0 Å². The van der Waals surface area contributed by atoms with Crippen molar-refractivity contribution in [3.8, 4) is 0 Å². The first-order chi connectivity index (χ1) is 12.8. The number of hydrogen-bond acceptors (Lipinski definition) is 0. The maximum absolute atomic E-state index is 7.07. The molecule has 2 aliphatic carbocycles. The Morgan fingerprint density at radius 1 is 0.741 bits per heavy atom. The molecule has 2 atom stereocenters. The molecule has 0 fully saturated rings. The molecular weight excluding hydrogens is 387 g/mol. The lowest BCUT2D eigenvalue weighted by molar-refractivity contribution is 0.887. The molecule has 0 spiro atoms. The molecule has 2 aromatic rings. The first-order valence-corrected chi connectivity index (χ1v) is 13.2. The molecule has 0 nitrogen and oxygen atoms in total. The van der Waals surface area contributed by atoms with E-state index in [1.807, 2.05) is 0 Å². The fraction of sp³-hybridized carbons (Fsp3) is 0.333. The van der Waals surface area contributed by atoms with Gasteiger partial charge in [-0.05, 0) is 52.8 Å². The second-order valence-electron chi connectivity index (χ2n) is 8.51. The van der Waals surface area contributed by atoms with Gasteiger partial charge in [0.2, 0.25) is 0 Å². The molecule has 0 aliphatic heterocycles. The zero-order chi connectivity index (χ0) is 19.5. The smallest absolute Gasteiger partial charge is 0.0808 e. The second-order valence-corrected chi connectivity index (χ2v) is 14.4. The average Bonchev–Trinajstić information content (AvgIpc) is 3.07. The molecule has 0 saturated carbocycles. The summed E-state index contributed by atoms with van der Waals surface area (Å²) >= 11 is 14.1. The van der Waals surface area contributed by atoms with Crippen LogP contribution in [0.25, 0.3) is 11.1 Å². The Labute approximate surface area is 173 Å². The minimum Gasteiger partial charge on any atom is -0.0885 e. The minimum absolute atomic E-state index is 0.285. The van der Waals surface area contributed by atoms with Crippen molar-refractivity contribution in [1.82, 2.24) is 0 Å². The van der Waals surface area contributed by atoms with Crippen molar-refractivity contribution in [3.63, 3.8) is 0 Å². The van der Waals surface area contributed by atoms with Crippen LogP contribution < -0.4 is 0 Å². The molecule has 2 unspecified atom stereocenters. The summed E-state index contributed by atoms with van der Waals surface area (Å²) in [6.07, 6.45) is 0. The van der Waals surface area contributed by atoms with E-state index in [-0.39, 0.29) is 11.1 Å². The van der Waals surface area contributed by atoms with E-state index in [1.165, 1.54) is 33.4 Å². The van der Waals surface area contributed by atoms with Crippen LogP contribution >= 0.6 is 23.2 Å². The van der Waals surface area contributed by atoms with Crippen LogP contribution in [0.2, 0.25) is 12.1 Å². The van der Waals surface area contributed by atoms with Crippen molar-refractivity contribution in [3.05, 3.63) is 80.8 Å². The van der Waals surface area contributed by atoms with Gasteiger partial charge in [0.05, 0.1) is 8.07 Å². The highest BCUT2D eigenvalue weighted by Gasteiger charge is 2.54. The van der Waals surface area contributed by atoms with Crippen LogP contribution in [0.15, 0.2) is 58.6 Å². The number of allylic oxidation sites excluding steroid dienone is 4. The standard InChI is InChI=1S/C24H26Cl2Si/c1-14(2)27(5,23-19-12-8-6-10-17(19)15(3)21(23)25)24-20-13-9-7-11-18(20)16(4)22(24)26/h6-14,23-24H,1-5H3. The van der Waals surface area contributed by atoms with Crippen LogP contribution in [-0.4, -0.2) is 8.07 Å². The topological polar surface area (TPSA) is 0 Å². The van der Waals surface area contributed by atoms with Crippen LogP contribution in [0.5, 0.6) is 0 Å². The summed E-state index contributed by atoms with van der Waals surface area (Å²) in [6.45, 7) is 11.6. The van der Waals surface area contributed by atoms with Crippen molar-refractivity contribution >= 4 is 42.4 Å². The third-order valence-corrected chi connectivity index (χ3v) is 14.6. The molecule has 0 saturated heterocycles. The monoisotopic (exact) mass is 412 g/mol. The molecule has 0 heterocycles. The summed E-state index contributed by atoms with van der Waals surface area (Å²) in [6, 6.07) is 17.5. The van der Waals surface area contributed by atoms with E-state index in [9.17, 15) is 0 Å². The van der Waals surface area contributed by atoms with Gasteiger partial charge >= 0.3 is 0 Å². The first-order valence-electron chi connectivity index (χ1n) is 9.71. The van der Waals surface area contributed by atoms with E-state index in [4.69, 9.17) is 23.2 Å². The van der Waals surface area contributed by atoms with E-state index in [2.05, 4.69) is 82.8 Å². The largest absolute Gasteiger partial charge is 0.0885 e. The highest BCUT2D eigenvalue weighted by molar-refractivity contribution is 6.86. The van der Waals surface area contributed by atoms with E-state index >= 15 is 0 Å². The number of rotatable bonds is 3. The molecule has 2 aromatic carbocycles. The molecule has 2 aliphatic rings. The Bertz CT molecular complexity index is 910. The third-order valence-electron chi connectivity index (χ3n) is 7.06. The molecule has 4 rings (SSSR count). The van der Waals surface area contributed by atoms with Gasteiger partial charge in [0, 0.05) is 21.1 Å². The van der Waals surface area contributed by atoms with Gasteiger partial charge in [0.25, 0.3) is 0 Å². The fourth-order valence-corrected chi connectivity index (χ4v) is 12.1. The number of benzene rings is 2.